The molecule has 1 aliphatic carbocycles. The van der Waals surface area contributed by atoms with Crippen LogP contribution < -0.4 is 0 Å². The smallest absolute Gasteiger partial charge is 0.0102 e. The Hall–Kier alpha value is 0.110. The van der Waals surface area contributed by atoms with E-state index in [4.69, 9.17) is 0 Å². The van der Waals surface area contributed by atoms with E-state index in [-0.39, 0.29) is 0 Å². The number of hydrogen-bond donors (Lipinski definition) is 0. The standard InChI is InChI=1S/C8H16O2S/c9-11(10)7-3-6-8-4-1-2-5-8/h8H,1-7H2,(H,9,10)/p-1. The van der Waals surface area contributed by atoms with Crippen molar-refractivity contribution in [2.45, 2.75) is 38.5 Å². The number of hydrogen-bond acceptors (Lipinski definition) is 2. The van der Waals surface area contributed by atoms with Crippen LogP contribution in [0.25, 0.3) is 0 Å². The molecule has 0 bridgehead atoms. The van der Waals surface area contributed by atoms with E-state index in [1.54, 1.807) is 0 Å². The minimum Gasteiger partial charge on any atom is -0.772 e. The highest BCUT2D eigenvalue weighted by molar-refractivity contribution is 7.79. The third-order valence-electron chi connectivity index (χ3n) is 2.40. The maximum absolute atomic E-state index is 10.2. The first kappa shape index (κ1) is 9.20. The van der Waals surface area contributed by atoms with Crippen LogP contribution in [0.2, 0.25) is 0 Å². The Bertz CT molecular complexity index is 130. The highest BCUT2D eigenvalue weighted by Crippen LogP contribution is 2.28. The van der Waals surface area contributed by atoms with Crippen LogP contribution in [0.4, 0.5) is 0 Å². The zero-order valence-corrected chi connectivity index (χ0v) is 7.57. The van der Waals surface area contributed by atoms with E-state index in [0.29, 0.717) is 5.75 Å². The summed E-state index contributed by atoms with van der Waals surface area (Å²) >= 11 is -1.82. The molecule has 0 spiro atoms. The van der Waals surface area contributed by atoms with Gasteiger partial charge >= 0.3 is 0 Å². The van der Waals surface area contributed by atoms with E-state index in [0.717, 1.165) is 18.8 Å². The van der Waals surface area contributed by atoms with Gasteiger partial charge in [0.2, 0.25) is 0 Å². The topological polar surface area (TPSA) is 40.1 Å². The van der Waals surface area contributed by atoms with Gasteiger partial charge < -0.3 is 4.55 Å². The fraction of sp³-hybridized carbons (Fsp3) is 1.00. The van der Waals surface area contributed by atoms with E-state index in [1.165, 1.54) is 25.7 Å². The summed E-state index contributed by atoms with van der Waals surface area (Å²) in [6.45, 7) is 0. The summed E-state index contributed by atoms with van der Waals surface area (Å²) in [5, 5.41) is 0. The van der Waals surface area contributed by atoms with Gasteiger partial charge in [-0.2, -0.15) is 0 Å². The largest absolute Gasteiger partial charge is 0.772 e. The van der Waals surface area contributed by atoms with Crippen molar-refractivity contribution in [1.29, 1.82) is 0 Å². The van der Waals surface area contributed by atoms with Crippen LogP contribution in [0.5, 0.6) is 0 Å². The summed E-state index contributed by atoms with van der Waals surface area (Å²) in [7, 11) is 0. The molecule has 0 saturated heterocycles. The molecule has 2 nitrogen and oxygen atoms in total. The summed E-state index contributed by atoms with van der Waals surface area (Å²) in [6.07, 6.45) is 7.34. The summed E-state index contributed by atoms with van der Waals surface area (Å²) < 4.78 is 20.3. The molecule has 1 rings (SSSR count). The Morgan fingerprint density at radius 1 is 1.36 bits per heavy atom. The summed E-state index contributed by atoms with van der Waals surface area (Å²) in [4.78, 5) is 0. The third-order valence-corrected chi connectivity index (χ3v) is 3.02. The summed E-state index contributed by atoms with van der Waals surface area (Å²) in [5.41, 5.74) is 0. The van der Waals surface area contributed by atoms with Crippen molar-refractivity contribution in [2.24, 2.45) is 5.92 Å². The molecule has 0 heterocycles. The lowest BCUT2D eigenvalue weighted by Gasteiger charge is -2.08. The molecule has 11 heavy (non-hydrogen) atoms. The molecule has 0 N–H and O–H groups in total. The van der Waals surface area contributed by atoms with Crippen molar-refractivity contribution in [1.82, 2.24) is 0 Å². The van der Waals surface area contributed by atoms with Crippen LogP contribution in [-0.4, -0.2) is 14.5 Å². The van der Waals surface area contributed by atoms with Crippen LogP contribution in [0, 0.1) is 5.92 Å². The predicted molar refractivity (Wildman–Crippen MR) is 45.0 cm³/mol. The SMILES string of the molecule is O=S([O-])CCCC1CCCC1. The van der Waals surface area contributed by atoms with Crippen molar-refractivity contribution >= 4 is 11.1 Å². The predicted octanol–water partition coefficient (Wildman–Crippen LogP) is 1.84. The first-order valence-electron chi connectivity index (χ1n) is 4.35. The minimum atomic E-state index is -1.82. The van der Waals surface area contributed by atoms with E-state index in [1.807, 2.05) is 0 Å². The maximum Gasteiger partial charge on any atom is 0.0102 e. The molecule has 1 unspecified atom stereocenters. The van der Waals surface area contributed by atoms with Gasteiger partial charge in [-0.05, 0) is 18.8 Å². The average Bonchev–Trinajstić information content (AvgIpc) is 2.39. The van der Waals surface area contributed by atoms with Gasteiger partial charge in [0.05, 0.1) is 0 Å². The Labute approximate surface area is 70.7 Å². The molecule has 0 aliphatic heterocycles. The molecule has 1 aliphatic rings. The monoisotopic (exact) mass is 175 g/mol. The lowest BCUT2D eigenvalue weighted by molar-refractivity contribution is 0.487. The van der Waals surface area contributed by atoms with Crippen molar-refractivity contribution in [2.75, 3.05) is 5.75 Å². The van der Waals surface area contributed by atoms with Gasteiger partial charge in [-0.15, -0.1) is 0 Å². The fourth-order valence-corrected chi connectivity index (χ4v) is 2.19. The molecule has 0 aromatic rings. The lowest BCUT2D eigenvalue weighted by Crippen LogP contribution is -1.99. The quantitative estimate of drug-likeness (QED) is 0.612. The second-order valence-corrected chi connectivity index (χ2v) is 4.32. The molecule has 0 radical (unpaired) electrons. The van der Waals surface area contributed by atoms with E-state index >= 15 is 0 Å². The Morgan fingerprint density at radius 2 is 2.00 bits per heavy atom. The van der Waals surface area contributed by atoms with Gasteiger partial charge in [0, 0.05) is 5.75 Å². The summed E-state index contributed by atoms with van der Waals surface area (Å²) in [5.74, 6) is 1.19. The zero-order valence-electron chi connectivity index (χ0n) is 6.75. The van der Waals surface area contributed by atoms with E-state index in [2.05, 4.69) is 0 Å². The van der Waals surface area contributed by atoms with Gasteiger partial charge in [0.15, 0.2) is 0 Å². The average molecular weight is 175 g/mol. The van der Waals surface area contributed by atoms with Gasteiger partial charge in [0.1, 0.15) is 0 Å². The van der Waals surface area contributed by atoms with Gasteiger partial charge in [-0.25, -0.2) is 0 Å². The molecule has 0 amide bonds. The number of rotatable bonds is 4. The molecule has 0 aromatic heterocycles. The van der Waals surface area contributed by atoms with Crippen LogP contribution in [0.1, 0.15) is 38.5 Å². The lowest BCUT2D eigenvalue weighted by atomic mass is 10.0. The molecule has 1 fully saturated rings. The second-order valence-electron chi connectivity index (χ2n) is 3.30. The van der Waals surface area contributed by atoms with Crippen LogP contribution in [-0.2, 0) is 11.1 Å². The van der Waals surface area contributed by atoms with Gasteiger partial charge in [0.25, 0.3) is 0 Å². The van der Waals surface area contributed by atoms with Crippen LogP contribution in [0.15, 0.2) is 0 Å². The first-order valence-corrected chi connectivity index (χ1v) is 5.59. The zero-order chi connectivity index (χ0) is 8.10. The second kappa shape index (κ2) is 4.88. The Morgan fingerprint density at radius 3 is 2.55 bits per heavy atom. The normalized spacial score (nSPS) is 22.3. The van der Waals surface area contributed by atoms with E-state index in [9.17, 15) is 8.76 Å². The highest BCUT2D eigenvalue weighted by Gasteiger charge is 2.13. The van der Waals surface area contributed by atoms with Gasteiger partial charge in [-0.3, -0.25) is 4.21 Å². The molecule has 66 valence electrons. The van der Waals surface area contributed by atoms with Crippen molar-refractivity contribution < 1.29 is 8.76 Å². The summed E-state index contributed by atoms with van der Waals surface area (Å²) in [6, 6.07) is 0. The highest BCUT2D eigenvalue weighted by atomic mass is 32.2. The third kappa shape index (κ3) is 3.87. The molecule has 0 aromatic carbocycles. The van der Waals surface area contributed by atoms with Crippen molar-refractivity contribution in [3.05, 3.63) is 0 Å². The molecule has 3 heteroatoms. The first-order chi connectivity index (χ1) is 5.29. The Kier molecular flexibility index (Phi) is 4.08. The van der Waals surface area contributed by atoms with Crippen molar-refractivity contribution in [3.8, 4) is 0 Å². The minimum absolute atomic E-state index is 0.358. The van der Waals surface area contributed by atoms with Crippen LogP contribution in [0.3, 0.4) is 0 Å². The van der Waals surface area contributed by atoms with Crippen molar-refractivity contribution in [3.63, 3.8) is 0 Å². The Balaban J connectivity index is 1.98. The molecule has 1 atom stereocenters. The molecular weight excluding hydrogens is 160 g/mol. The maximum atomic E-state index is 10.2. The van der Waals surface area contributed by atoms with Gasteiger partial charge in [-0.1, -0.05) is 36.8 Å². The fourth-order valence-electron chi connectivity index (χ4n) is 1.79. The molecular formula is C8H15O2S-. The van der Waals surface area contributed by atoms with Crippen LogP contribution >= 0.6 is 0 Å². The molecule has 1 saturated carbocycles. The van der Waals surface area contributed by atoms with E-state index < -0.39 is 11.1 Å².